The fraction of sp³-hybridized carbons (Fsp3) is 0.333. The van der Waals surface area contributed by atoms with Crippen molar-refractivity contribution >= 4 is 17.7 Å². The first-order valence-corrected chi connectivity index (χ1v) is 9.30. The van der Waals surface area contributed by atoms with Crippen LogP contribution >= 0.6 is 0 Å². The van der Waals surface area contributed by atoms with Crippen molar-refractivity contribution in [3.05, 3.63) is 53.1 Å². The molecule has 0 spiro atoms. The third-order valence-electron chi connectivity index (χ3n) is 5.32. The maximum absolute atomic E-state index is 12.8. The molecule has 1 saturated heterocycles. The Kier molecular flexibility index (Phi) is 4.70. The van der Waals surface area contributed by atoms with E-state index in [1.807, 2.05) is 29.0 Å². The van der Waals surface area contributed by atoms with Crippen LogP contribution in [-0.2, 0) is 29.1 Å². The monoisotopic (exact) mass is 376 g/mol. The lowest BCUT2D eigenvalue weighted by molar-refractivity contribution is -0.136. The third kappa shape index (κ3) is 3.29. The maximum Gasteiger partial charge on any atom is 0.255 e. The quantitative estimate of drug-likeness (QED) is 0.629. The highest BCUT2D eigenvalue weighted by Crippen LogP contribution is 2.30. The van der Waals surface area contributed by atoms with E-state index in [1.54, 1.807) is 11.2 Å². The van der Waals surface area contributed by atoms with Crippen molar-refractivity contribution in [3.8, 4) is 12.3 Å². The summed E-state index contributed by atoms with van der Waals surface area (Å²) in [5.41, 5.74) is 3.36. The first-order valence-electron chi connectivity index (χ1n) is 9.30. The average Bonchev–Trinajstić information content (AvgIpc) is 3.27. The molecule has 1 fully saturated rings. The standard InChI is InChI=1S/C21H20N4O3/c1-2-15-11-24(13-22-15)10-4-6-14-5-3-7-16-17(14)12-25(21(16)28)18-8-9-19(26)23-20(18)27/h1,3,5,7,11,13,18H,4,6,8-10,12H2,(H,23,26,27). The second kappa shape index (κ2) is 7.31. The summed E-state index contributed by atoms with van der Waals surface area (Å²) in [7, 11) is 0. The zero-order valence-corrected chi connectivity index (χ0v) is 15.4. The van der Waals surface area contributed by atoms with Crippen molar-refractivity contribution < 1.29 is 14.4 Å². The van der Waals surface area contributed by atoms with E-state index in [2.05, 4.69) is 16.2 Å². The predicted molar refractivity (Wildman–Crippen MR) is 101 cm³/mol. The van der Waals surface area contributed by atoms with Crippen molar-refractivity contribution in [1.29, 1.82) is 0 Å². The van der Waals surface area contributed by atoms with E-state index < -0.39 is 6.04 Å². The second-order valence-corrected chi connectivity index (χ2v) is 7.09. The number of nitrogens with zero attached hydrogens (tertiary/aromatic N) is 3. The Morgan fingerprint density at radius 3 is 2.89 bits per heavy atom. The van der Waals surface area contributed by atoms with Gasteiger partial charge in [0.15, 0.2) is 0 Å². The topological polar surface area (TPSA) is 84.3 Å². The van der Waals surface area contributed by atoms with Gasteiger partial charge in [-0.05, 0) is 42.4 Å². The van der Waals surface area contributed by atoms with E-state index in [0.29, 0.717) is 24.2 Å². The van der Waals surface area contributed by atoms with Gasteiger partial charge in [0, 0.05) is 31.3 Å². The van der Waals surface area contributed by atoms with Gasteiger partial charge in [0.1, 0.15) is 11.7 Å². The minimum absolute atomic E-state index is 0.139. The molecule has 1 atom stereocenters. The summed E-state index contributed by atoms with van der Waals surface area (Å²) in [5, 5.41) is 2.33. The fourth-order valence-electron chi connectivity index (χ4n) is 3.89. The van der Waals surface area contributed by atoms with Gasteiger partial charge in [-0.3, -0.25) is 19.7 Å². The van der Waals surface area contributed by atoms with Crippen molar-refractivity contribution in [2.75, 3.05) is 0 Å². The molecule has 1 aromatic heterocycles. The largest absolute Gasteiger partial charge is 0.336 e. The molecule has 0 saturated carbocycles. The molecule has 7 heteroatoms. The summed E-state index contributed by atoms with van der Waals surface area (Å²) in [6, 6.07) is 5.13. The molecule has 0 radical (unpaired) electrons. The average molecular weight is 376 g/mol. The highest BCUT2D eigenvalue weighted by atomic mass is 16.2. The second-order valence-electron chi connectivity index (χ2n) is 7.09. The van der Waals surface area contributed by atoms with Crippen LogP contribution < -0.4 is 5.32 Å². The lowest BCUT2D eigenvalue weighted by atomic mass is 9.99. The van der Waals surface area contributed by atoms with Gasteiger partial charge in [-0.25, -0.2) is 4.98 Å². The SMILES string of the molecule is C#Cc1cn(CCCc2cccc3c2CN(C2CCC(=O)NC2=O)C3=O)cn1. The van der Waals surface area contributed by atoms with Crippen molar-refractivity contribution in [2.24, 2.45) is 0 Å². The molecule has 3 amide bonds. The predicted octanol–water partition coefficient (Wildman–Crippen LogP) is 1.26. The van der Waals surface area contributed by atoms with Crippen LogP contribution in [-0.4, -0.2) is 38.2 Å². The highest BCUT2D eigenvalue weighted by Gasteiger charge is 2.39. The number of hydrogen-bond donors (Lipinski definition) is 1. The fourth-order valence-corrected chi connectivity index (χ4v) is 3.89. The first kappa shape index (κ1) is 18.0. The number of nitrogens with one attached hydrogen (secondary N) is 1. The Balaban J connectivity index is 1.46. The van der Waals surface area contributed by atoms with E-state index >= 15 is 0 Å². The van der Waals surface area contributed by atoms with E-state index in [0.717, 1.165) is 30.5 Å². The maximum atomic E-state index is 12.8. The normalized spacial score (nSPS) is 18.8. The molecule has 28 heavy (non-hydrogen) atoms. The van der Waals surface area contributed by atoms with E-state index in [9.17, 15) is 14.4 Å². The summed E-state index contributed by atoms with van der Waals surface area (Å²) in [5.74, 6) is 1.70. The number of terminal acetylenes is 1. The highest BCUT2D eigenvalue weighted by molar-refractivity contribution is 6.05. The number of aryl methyl sites for hydroxylation is 2. The molecule has 0 aliphatic carbocycles. The molecule has 2 aliphatic rings. The van der Waals surface area contributed by atoms with Crippen LogP contribution in [0.5, 0.6) is 0 Å². The van der Waals surface area contributed by atoms with Crippen LogP contribution in [0.3, 0.4) is 0 Å². The van der Waals surface area contributed by atoms with Gasteiger partial charge in [0.05, 0.1) is 6.33 Å². The molecule has 2 aliphatic heterocycles. The number of imidazole rings is 1. The number of fused-ring (bicyclic) bond motifs is 1. The van der Waals surface area contributed by atoms with Gasteiger partial charge < -0.3 is 9.47 Å². The third-order valence-corrected chi connectivity index (χ3v) is 5.32. The molecular formula is C21H20N4O3. The Bertz CT molecular complexity index is 1000. The van der Waals surface area contributed by atoms with Gasteiger partial charge in [-0.1, -0.05) is 12.1 Å². The number of amides is 3. The Labute approximate surface area is 162 Å². The molecule has 7 nitrogen and oxygen atoms in total. The Morgan fingerprint density at radius 2 is 2.14 bits per heavy atom. The summed E-state index contributed by atoms with van der Waals surface area (Å²) in [4.78, 5) is 42.1. The summed E-state index contributed by atoms with van der Waals surface area (Å²) < 4.78 is 1.96. The van der Waals surface area contributed by atoms with Gasteiger partial charge >= 0.3 is 0 Å². The van der Waals surface area contributed by atoms with Crippen molar-refractivity contribution in [1.82, 2.24) is 19.8 Å². The Morgan fingerprint density at radius 1 is 1.29 bits per heavy atom. The summed E-state index contributed by atoms with van der Waals surface area (Å²) in [6.07, 6.45) is 11.2. The Hall–Kier alpha value is -3.40. The molecule has 2 aromatic rings. The molecular weight excluding hydrogens is 356 g/mol. The summed E-state index contributed by atoms with van der Waals surface area (Å²) in [6.45, 7) is 1.19. The first-order chi connectivity index (χ1) is 13.6. The van der Waals surface area contributed by atoms with Gasteiger partial charge in [-0.2, -0.15) is 0 Å². The van der Waals surface area contributed by atoms with E-state index in [-0.39, 0.29) is 24.1 Å². The smallest absolute Gasteiger partial charge is 0.255 e. The molecule has 4 rings (SSSR count). The zero-order chi connectivity index (χ0) is 19.7. The van der Waals surface area contributed by atoms with Crippen molar-refractivity contribution in [3.63, 3.8) is 0 Å². The van der Waals surface area contributed by atoms with Crippen LogP contribution in [0.4, 0.5) is 0 Å². The number of piperidine rings is 1. The lowest BCUT2D eigenvalue weighted by Gasteiger charge is -2.29. The number of rotatable bonds is 5. The molecule has 1 unspecified atom stereocenters. The number of benzene rings is 1. The number of aromatic nitrogens is 2. The molecule has 1 N–H and O–H groups in total. The number of imide groups is 1. The molecule has 0 bridgehead atoms. The number of carbonyl (C=O) groups excluding carboxylic acids is 3. The zero-order valence-electron chi connectivity index (χ0n) is 15.4. The minimum atomic E-state index is -0.585. The van der Waals surface area contributed by atoms with Crippen LogP contribution in [0.15, 0.2) is 30.7 Å². The van der Waals surface area contributed by atoms with Gasteiger partial charge in [0.25, 0.3) is 5.91 Å². The van der Waals surface area contributed by atoms with E-state index in [4.69, 9.17) is 6.42 Å². The van der Waals surface area contributed by atoms with Crippen LogP contribution in [0.2, 0.25) is 0 Å². The number of hydrogen-bond acceptors (Lipinski definition) is 4. The van der Waals surface area contributed by atoms with E-state index in [1.165, 1.54) is 0 Å². The number of carbonyl (C=O) groups is 3. The molecule has 1 aromatic carbocycles. The summed E-state index contributed by atoms with van der Waals surface area (Å²) >= 11 is 0. The van der Waals surface area contributed by atoms with Crippen LogP contribution in [0.1, 0.15) is 46.4 Å². The molecule has 142 valence electrons. The molecule has 3 heterocycles. The van der Waals surface area contributed by atoms with Gasteiger partial charge in [0.2, 0.25) is 11.8 Å². The van der Waals surface area contributed by atoms with Crippen molar-refractivity contribution in [2.45, 2.75) is 44.8 Å². The van der Waals surface area contributed by atoms with Crippen LogP contribution in [0, 0.1) is 12.3 Å². The lowest BCUT2D eigenvalue weighted by Crippen LogP contribution is -2.52. The van der Waals surface area contributed by atoms with Gasteiger partial charge in [-0.15, -0.1) is 6.42 Å². The minimum Gasteiger partial charge on any atom is -0.336 e. The van der Waals surface area contributed by atoms with Crippen LogP contribution in [0.25, 0.3) is 0 Å².